The quantitative estimate of drug-likeness (QED) is 0.690. The lowest BCUT2D eigenvalue weighted by Crippen LogP contribution is -2.25. The molecule has 22 heavy (non-hydrogen) atoms. The molecule has 0 unspecified atom stereocenters. The van der Waals surface area contributed by atoms with Crippen LogP contribution < -0.4 is 11.1 Å². The van der Waals surface area contributed by atoms with Crippen molar-refractivity contribution in [2.75, 3.05) is 25.1 Å². The van der Waals surface area contributed by atoms with Crippen molar-refractivity contribution in [2.24, 2.45) is 5.73 Å². The summed E-state index contributed by atoms with van der Waals surface area (Å²) in [6, 6.07) is 0. The van der Waals surface area contributed by atoms with Gasteiger partial charge in [0.25, 0.3) is 5.91 Å². The Balaban J connectivity index is 0.00000242. The molecule has 9 heteroatoms. The number of halogens is 1. The molecule has 2 rings (SSSR count). The minimum atomic E-state index is -0.115. The predicted octanol–water partition coefficient (Wildman–Crippen LogP) is 2.67. The van der Waals surface area contributed by atoms with Gasteiger partial charge in [0, 0.05) is 23.7 Å². The summed E-state index contributed by atoms with van der Waals surface area (Å²) >= 11 is 4.80. The van der Waals surface area contributed by atoms with Gasteiger partial charge in [-0.05, 0) is 25.0 Å². The van der Waals surface area contributed by atoms with Gasteiger partial charge < -0.3 is 11.1 Å². The average Bonchev–Trinajstić information content (AvgIpc) is 3.12. The Morgan fingerprint density at radius 2 is 2.18 bits per heavy atom. The van der Waals surface area contributed by atoms with Crippen molar-refractivity contribution in [2.45, 2.75) is 12.8 Å². The summed E-state index contributed by atoms with van der Waals surface area (Å²) in [5, 5.41) is 8.41. The van der Waals surface area contributed by atoms with Gasteiger partial charge in [0.15, 0.2) is 0 Å². The van der Waals surface area contributed by atoms with Gasteiger partial charge >= 0.3 is 0 Å². The molecule has 1 amide bonds. The number of hydrogen-bond donors (Lipinski definition) is 2. The highest BCUT2D eigenvalue weighted by Gasteiger charge is 2.13. The normalized spacial score (nSPS) is 10.3. The highest BCUT2D eigenvalue weighted by atomic mass is 35.5. The lowest BCUT2D eigenvalue weighted by atomic mass is 10.4. The molecular formula is C13H19ClN4OS3. The molecule has 0 atom stereocenters. The van der Waals surface area contributed by atoms with Gasteiger partial charge in [-0.3, -0.25) is 4.79 Å². The second-order valence-corrected chi connectivity index (χ2v) is 7.09. The number of hydrogen-bond acceptors (Lipinski definition) is 7. The van der Waals surface area contributed by atoms with Crippen LogP contribution in [0, 0.1) is 0 Å². The van der Waals surface area contributed by atoms with Crippen LogP contribution in [0.2, 0.25) is 0 Å². The fourth-order valence-electron chi connectivity index (χ4n) is 1.65. The van der Waals surface area contributed by atoms with Crippen LogP contribution in [0.1, 0.15) is 21.9 Å². The SMILES string of the molecule is CSCCCNC(=O)c1csc(-c2csc(CCN)n2)n1.Cl. The summed E-state index contributed by atoms with van der Waals surface area (Å²) in [6.45, 7) is 1.28. The number of carbonyl (C=O) groups is 1. The molecule has 0 fully saturated rings. The van der Waals surface area contributed by atoms with Gasteiger partial charge in [0.05, 0.1) is 5.01 Å². The number of nitrogens with two attached hydrogens (primary N) is 1. The second kappa shape index (κ2) is 10.2. The molecule has 0 saturated carbocycles. The predicted molar refractivity (Wildman–Crippen MR) is 98.6 cm³/mol. The molecule has 0 aliphatic rings. The van der Waals surface area contributed by atoms with Crippen LogP contribution in [0.4, 0.5) is 0 Å². The maximum Gasteiger partial charge on any atom is 0.270 e. The molecule has 0 saturated heterocycles. The monoisotopic (exact) mass is 378 g/mol. The van der Waals surface area contributed by atoms with E-state index in [1.54, 1.807) is 28.5 Å². The van der Waals surface area contributed by atoms with E-state index in [9.17, 15) is 4.79 Å². The van der Waals surface area contributed by atoms with E-state index in [0.717, 1.165) is 34.3 Å². The van der Waals surface area contributed by atoms with Gasteiger partial charge in [-0.2, -0.15) is 11.8 Å². The van der Waals surface area contributed by atoms with Gasteiger partial charge in [0.2, 0.25) is 0 Å². The fraction of sp³-hybridized carbons (Fsp3) is 0.462. The molecule has 0 aromatic carbocycles. The Kier molecular flexibility index (Phi) is 8.96. The lowest BCUT2D eigenvalue weighted by molar-refractivity contribution is 0.0949. The smallest absolute Gasteiger partial charge is 0.270 e. The summed E-state index contributed by atoms with van der Waals surface area (Å²) in [7, 11) is 0. The van der Waals surface area contributed by atoms with Crippen LogP contribution in [0.25, 0.3) is 10.7 Å². The van der Waals surface area contributed by atoms with E-state index < -0.39 is 0 Å². The topological polar surface area (TPSA) is 80.9 Å². The number of aromatic nitrogens is 2. The van der Waals surface area contributed by atoms with Crippen molar-refractivity contribution in [3.63, 3.8) is 0 Å². The third kappa shape index (κ3) is 5.51. The zero-order chi connectivity index (χ0) is 15.1. The molecule has 0 radical (unpaired) electrons. The van der Waals surface area contributed by atoms with Crippen molar-refractivity contribution in [1.82, 2.24) is 15.3 Å². The first-order chi connectivity index (χ1) is 10.2. The Morgan fingerprint density at radius 1 is 1.36 bits per heavy atom. The molecule has 0 aliphatic carbocycles. The van der Waals surface area contributed by atoms with Crippen LogP contribution in [0.15, 0.2) is 10.8 Å². The number of carbonyl (C=O) groups excluding carboxylic acids is 1. The largest absolute Gasteiger partial charge is 0.351 e. The summed E-state index contributed by atoms with van der Waals surface area (Å²) in [5.41, 5.74) is 6.81. The Bertz CT molecular complexity index is 587. The van der Waals surface area contributed by atoms with Gasteiger partial charge in [-0.15, -0.1) is 35.1 Å². The van der Waals surface area contributed by atoms with Crippen molar-refractivity contribution in [1.29, 1.82) is 0 Å². The van der Waals surface area contributed by atoms with Crippen molar-refractivity contribution in [3.8, 4) is 10.7 Å². The standard InChI is InChI=1S/C13H18N4OS3.ClH/c1-19-6-2-5-15-12(18)9-7-21-13(17-9)10-8-20-11(16-10)3-4-14;/h7-8H,2-6,14H2,1H3,(H,15,18);1H. The lowest BCUT2D eigenvalue weighted by Gasteiger charge is -2.01. The molecular weight excluding hydrogens is 360 g/mol. The van der Waals surface area contributed by atoms with Gasteiger partial charge in [-0.25, -0.2) is 9.97 Å². The highest BCUT2D eigenvalue weighted by Crippen LogP contribution is 2.25. The second-order valence-electron chi connectivity index (χ2n) is 4.31. The average molecular weight is 379 g/mol. The zero-order valence-corrected chi connectivity index (χ0v) is 15.5. The Morgan fingerprint density at radius 3 is 2.91 bits per heavy atom. The highest BCUT2D eigenvalue weighted by molar-refractivity contribution is 7.98. The zero-order valence-electron chi connectivity index (χ0n) is 12.2. The Hall–Kier alpha value is -0.670. The molecule has 0 spiro atoms. The summed E-state index contributed by atoms with van der Waals surface area (Å²) in [6.07, 6.45) is 3.80. The third-order valence-electron chi connectivity index (χ3n) is 2.68. The van der Waals surface area contributed by atoms with Crippen molar-refractivity contribution in [3.05, 3.63) is 21.5 Å². The van der Waals surface area contributed by atoms with Gasteiger partial charge in [-0.1, -0.05) is 0 Å². The van der Waals surface area contributed by atoms with E-state index in [2.05, 4.69) is 21.5 Å². The number of amides is 1. The fourth-order valence-corrected chi connectivity index (χ4v) is 3.72. The van der Waals surface area contributed by atoms with Gasteiger partial charge in [0.1, 0.15) is 16.4 Å². The van der Waals surface area contributed by atoms with Crippen LogP contribution in [0.3, 0.4) is 0 Å². The van der Waals surface area contributed by atoms with E-state index in [1.165, 1.54) is 11.3 Å². The summed E-state index contributed by atoms with van der Waals surface area (Å²) in [5.74, 6) is 0.932. The minimum Gasteiger partial charge on any atom is -0.351 e. The van der Waals surface area contributed by atoms with Crippen molar-refractivity contribution < 1.29 is 4.79 Å². The maximum absolute atomic E-state index is 12.0. The van der Waals surface area contributed by atoms with Crippen molar-refractivity contribution >= 4 is 52.7 Å². The number of nitrogens with zero attached hydrogens (tertiary/aromatic N) is 2. The molecule has 5 nitrogen and oxygen atoms in total. The van der Waals surface area contributed by atoms with E-state index in [1.807, 2.05) is 5.38 Å². The van der Waals surface area contributed by atoms with Crippen LogP contribution in [-0.4, -0.2) is 41.0 Å². The number of thiazole rings is 2. The molecule has 122 valence electrons. The number of rotatable bonds is 8. The first-order valence-corrected chi connectivity index (χ1v) is 9.77. The van der Waals surface area contributed by atoms with E-state index >= 15 is 0 Å². The molecule has 2 aromatic heterocycles. The molecule has 2 heterocycles. The molecule has 0 bridgehead atoms. The maximum atomic E-state index is 12.0. The minimum absolute atomic E-state index is 0. The number of nitrogens with one attached hydrogen (secondary N) is 1. The van der Waals surface area contributed by atoms with Crippen LogP contribution in [0.5, 0.6) is 0 Å². The summed E-state index contributed by atoms with van der Waals surface area (Å²) in [4.78, 5) is 20.8. The third-order valence-corrected chi connectivity index (χ3v) is 5.15. The Labute approximate surface area is 148 Å². The first-order valence-electron chi connectivity index (χ1n) is 6.62. The van der Waals surface area contributed by atoms with E-state index in [-0.39, 0.29) is 18.3 Å². The first kappa shape index (κ1) is 19.4. The molecule has 2 aromatic rings. The molecule has 0 aliphatic heterocycles. The molecule has 3 N–H and O–H groups in total. The van der Waals surface area contributed by atoms with E-state index in [0.29, 0.717) is 18.8 Å². The van der Waals surface area contributed by atoms with Crippen LogP contribution in [-0.2, 0) is 6.42 Å². The van der Waals surface area contributed by atoms with Crippen LogP contribution >= 0.6 is 46.8 Å². The van der Waals surface area contributed by atoms with E-state index in [4.69, 9.17) is 5.73 Å². The summed E-state index contributed by atoms with van der Waals surface area (Å²) < 4.78 is 0. The number of thioether (sulfide) groups is 1.